The van der Waals surface area contributed by atoms with Gasteiger partial charge in [0.05, 0.1) is 18.2 Å². The molecule has 0 spiro atoms. The van der Waals surface area contributed by atoms with Gasteiger partial charge in [0.15, 0.2) is 0 Å². The second-order valence-electron chi connectivity index (χ2n) is 7.76. The Hall–Kier alpha value is -3.66. The van der Waals surface area contributed by atoms with E-state index in [0.29, 0.717) is 12.2 Å². The summed E-state index contributed by atoms with van der Waals surface area (Å²) >= 11 is 0. The van der Waals surface area contributed by atoms with Gasteiger partial charge in [0, 0.05) is 17.1 Å². The minimum atomic E-state index is -0.337. The summed E-state index contributed by atoms with van der Waals surface area (Å²) in [6, 6.07) is 25.7. The lowest BCUT2D eigenvalue weighted by atomic mass is 9.99. The molecule has 1 aromatic heterocycles. The highest BCUT2D eigenvalue weighted by Gasteiger charge is 2.12. The van der Waals surface area contributed by atoms with Crippen molar-refractivity contribution in [3.63, 3.8) is 0 Å². The van der Waals surface area contributed by atoms with Crippen LogP contribution in [0.3, 0.4) is 0 Å². The third kappa shape index (κ3) is 4.80. The second kappa shape index (κ2) is 10.1. The molecule has 0 fully saturated rings. The lowest BCUT2D eigenvalue weighted by Crippen LogP contribution is -2.03. The van der Waals surface area contributed by atoms with Gasteiger partial charge >= 0.3 is 5.97 Å². The molecule has 0 amide bonds. The fourth-order valence-electron chi connectivity index (χ4n) is 3.77. The lowest BCUT2D eigenvalue weighted by molar-refractivity contribution is 0.0601. The van der Waals surface area contributed by atoms with Gasteiger partial charge < -0.3 is 9.47 Å². The van der Waals surface area contributed by atoms with Crippen LogP contribution in [0.5, 0.6) is 5.75 Å². The Morgan fingerprint density at radius 2 is 1.69 bits per heavy atom. The van der Waals surface area contributed by atoms with E-state index in [9.17, 15) is 4.79 Å². The number of esters is 1. The van der Waals surface area contributed by atoms with Crippen molar-refractivity contribution in [3.05, 3.63) is 95.7 Å². The van der Waals surface area contributed by atoms with E-state index in [-0.39, 0.29) is 5.97 Å². The van der Waals surface area contributed by atoms with Crippen LogP contribution in [0.2, 0.25) is 0 Å². The number of carbonyl (C=O) groups is 1. The Kier molecular flexibility index (Phi) is 6.81. The van der Waals surface area contributed by atoms with Crippen LogP contribution in [-0.4, -0.2) is 18.1 Å². The molecule has 0 aliphatic carbocycles. The number of ether oxygens (including phenoxy) is 2. The first-order chi connectivity index (χ1) is 15.7. The minimum Gasteiger partial charge on any atom is -0.488 e. The van der Waals surface area contributed by atoms with Gasteiger partial charge in [-0.05, 0) is 47.7 Å². The van der Waals surface area contributed by atoms with E-state index in [4.69, 9.17) is 14.5 Å². The molecule has 0 radical (unpaired) electrons. The standard InChI is InChI=1S/C28H27NO3/c1-3-4-9-22-18-27(25-12-7-8-13-26(25)29-22)32-19-20-14-16-21(17-15-20)23-10-5-6-11-24(23)28(30)31-2/h5-8,10-18H,3-4,9,19H2,1-2H3. The Morgan fingerprint density at radius 1 is 0.938 bits per heavy atom. The number of aromatic nitrogens is 1. The van der Waals surface area contributed by atoms with Crippen LogP contribution in [0.4, 0.5) is 0 Å². The highest BCUT2D eigenvalue weighted by molar-refractivity contribution is 5.97. The molecule has 162 valence electrons. The van der Waals surface area contributed by atoms with Crippen molar-refractivity contribution in [2.45, 2.75) is 32.8 Å². The Morgan fingerprint density at radius 3 is 2.47 bits per heavy atom. The number of pyridine rings is 1. The molecule has 0 unspecified atom stereocenters. The number of nitrogens with zero attached hydrogens (tertiary/aromatic N) is 1. The lowest BCUT2D eigenvalue weighted by Gasteiger charge is -2.12. The number of methoxy groups -OCH3 is 1. The summed E-state index contributed by atoms with van der Waals surface area (Å²) < 4.78 is 11.2. The predicted molar refractivity (Wildman–Crippen MR) is 128 cm³/mol. The van der Waals surface area contributed by atoms with Crippen molar-refractivity contribution in [3.8, 4) is 16.9 Å². The van der Waals surface area contributed by atoms with Gasteiger partial charge in [-0.15, -0.1) is 0 Å². The molecule has 0 saturated heterocycles. The van der Waals surface area contributed by atoms with Crippen LogP contribution in [-0.2, 0) is 17.8 Å². The van der Waals surface area contributed by atoms with Crippen molar-refractivity contribution >= 4 is 16.9 Å². The molecule has 4 aromatic rings. The van der Waals surface area contributed by atoms with Gasteiger partial charge in [-0.3, -0.25) is 4.98 Å². The van der Waals surface area contributed by atoms with Crippen molar-refractivity contribution < 1.29 is 14.3 Å². The highest BCUT2D eigenvalue weighted by atomic mass is 16.5. The Bertz CT molecular complexity index is 1220. The van der Waals surface area contributed by atoms with Gasteiger partial charge in [0.25, 0.3) is 0 Å². The summed E-state index contributed by atoms with van der Waals surface area (Å²) in [5.74, 6) is 0.526. The zero-order valence-electron chi connectivity index (χ0n) is 18.5. The van der Waals surface area contributed by atoms with E-state index in [0.717, 1.165) is 58.3 Å². The normalized spacial score (nSPS) is 10.8. The van der Waals surface area contributed by atoms with E-state index >= 15 is 0 Å². The maximum atomic E-state index is 12.1. The smallest absolute Gasteiger partial charge is 0.338 e. The van der Waals surface area contributed by atoms with Crippen molar-refractivity contribution in [2.75, 3.05) is 7.11 Å². The monoisotopic (exact) mass is 425 g/mol. The zero-order chi connectivity index (χ0) is 22.3. The van der Waals surface area contributed by atoms with E-state index in [2.05, 4.69) is 13.0 Å². The van der Waals surface area contributed by atoms with E-state index in [1.807, 2.05) is 66.7 Å². The van der Waals surface area contributed by atoms with E-state index in [1.165, 1.54) is 7.11 Å². The predicted octanol–water partition coefficient (Wildman–Crippen LogP) is 6.61. The number of benzene rings is 3. The quantitative estimate of drug-likeness (QED) is 0.298. The van der Waals surface area contributed by atoms with Crippen LogP contribution < -0.4 is 4.74 Å². The fourth-order valence-corrected chi connectivity index (χ4v) is 3.77. The van der Waals surface area contributed by atoms with Gasteiger partial charge in [0.2, 0.25) is 0 Å². The van der Waals surface area contributed by atoms with Gasteiger partial charge in [-0.1, -0.05) is 67.9 Å². The molecule has 0 aliphatic heterocycles. The molecule has 32 heavy (non-hydrogen) atoms. The Labute approximate surface area is 188 Å². The Balaban J connectivity index is 1.54. The molecule has 0 N–H and O–H groups in total. The summed E-state index contributed by atoms with van der Waals surface area (Å²) in [6.07, 6.45) is 3.20. The molecule has 4 nitrogen and oxygen atoms in total. The molecule has 1 heterocycles. The number of rotatable bonds is 8. The third-order valence-electron chi connectivity index (χ3n) is 5.51. The number of hydrogen-bond donors (Lipinski definition) is 0. The molecule has 0 bridgehead atoms. The molecule has 0 atom stereocenters. The minimum absolute atomic E-state index is 0.337. The van der Waals surface area contributed by atoms with Crippen LogP contribution >= 0.6 is 0 Å². The first-order valence-electron chi connectivity index (χ1n) is 11.0. The zero-order valence-corrected chi connectivity index (χ0v) is 18.5. The molecular weight excluding hydrogens is 398 g/mol. The van der Waals surface area contributed by atoms with Crippen LogP contribution in [0.1, 0.15) is 41.4 Å². The number of fused-ring (bicyclic) bond motifs is 1. The number of unbranched alkanes of at least 4 members (excludes halogenated alkanes) is 1. The van der Waals surface area contributed by atoms with Crippen molar-refractivity contribution in [1.82, 2.24) is 4.98 Å². The van der Waals surface area contributed by atoms with Crippen molar-refractivity contribution in [2.24, 2.45) is 0 Å². The second-order valence-corrected chi connectivity index (χ2v) is 7.76. The van der Waals surface area contributed by atoms with Crippen molar-refractivity contribution in [1.29, 1.82) is 0 Å². The van der Waals surface area contributed by atoms with E-state index in [1.54, 1.807) is 6.07 Å². The van der Waals surface area contributed by atoms with Crippen LogP contribution in [0.15, 0.2) is 78.9 Å². The average molecular weight is 426 g/mol. The fraction of sp³-hybridized carbons (Fsp3) is 0.214. The molecule has 3 aromatic carbocycles. The maximum absolute atomic E-state index is 12.1. The van der Waals surface area contributed by atoms with Gasteiger partial charge in [-0.25, -0.2) is 4.79 Å². The summed E-state index contributed by atoms with van der Waals surface area (Å²) in [7, 11) is 1.40. The third-order valence-corrected chi connectivity index (χ3v) is 5.51. The number of carbonyl (C=O) groups excluding carboxylic acids is 1. The first-order valence-corrected chi connectivity index (χ1v) is 11.0. The van der Waals surface area contributed by atoms with Crippen LogP contribution in [0, 0.1) is 0 Å². The maximum Gasteiger partial charge on any atom is 0.338 e. The number of para-hydroxylation sites is 1. The number of aryl methyl sites for hydroxylation is 1. The summed E-state index contributed by atoms with van der Waals surface area (Å²) in [5.41, 5.74) is 5.46. The summed E-state index contributed by atoms with van der Waals surface area (Å²) in [6.45, 7) is 2.64. The SMILES string of the molecule is CCCCc1cc(OCc2ccc(-c3ccccc3C(=O)OC)cc2)c2ccccc2n1. The topological polar surface area (TPSA) is 48.4 Å². The van der Waals surface area contributed by atoms with Crippen LogP contribution in [0.25, 0.3) is 22.0 Å². The number of hydrogen-bond acceptors (Lipinski definition) is 4. The van der Waals surface area contributed by atoms with Gasteiger partial charge in [-0.2, -0.15) is 0 Å². The molecular formula is C28H27NO3. The highest BCUT2D eigenvalue weighted by Crippen LogP contribution is 2.28. The molecule has 0 aliphatic rings. The average Bonchev–Trinajstić information content (AvgIpc) is 2.85. The largest absolute Gasteiger partial charge is 0.488 e. The first kappa shape index (κ1) is 21.6. The molecule has 4 rings (SSSR count). The summed E-state index contributed by atoms with van der Waals surface area (Å²) in [4.78, 5) is 16.9. The molecule has 0 saturated carbocycles. The van der Waals surface area contributed by atoms with E-state index < -0.39 is 0 Å². The molecule has 4 heteroatoms. The summed E-state index contributed by atoms with van der Waals surface area (Å²) in [5, 5.41) is 1.02. The van der Waals surface area contributed by atoms with Gasteiger partial charge in [0.1, 0.15) is 12.4 Å².